The highest BCUT2D eigenvalue weighted by Crippen LogP contribution is 2.15. The highest BCUT2D eigenvalue weighted by molar-refractivity contribution is 5.85. The van der Waals surface area contributed by atoms with Crippen LogP contribution in [0.25, 0.3) is 0 Å². The average molecular weight is 272 g/mol. The molecular formula is C13H24N2O4. The van der Waals surface area contributed by atoms with Crippen LogP contribution >= 0.6 is 0 Å². The molecule has 1 unspecified atom stereocenters. The Morgan fingerprint density at radius 3 is 2.63 bits per heavy atom. The van der Waals surface area contributed by atoms with Crippen LogP contribution in [0.3, 0.4) is 0 Å². The minimum Gasteiger partial charge on any atom is -0.480 e. The first-order valence-electron chi connectivity index (χ1n) is 6.72. The number of amides is 2. The molecule has 0 spiro atoms. The lowest BCUT2D eigenvalue weighted by molar-refractivity contribution is -0.146. The van der Waals surface area contributed by atoms with E-state index in [0.29, 0.717) is 6.54 Å². The van der Waals surface area contributed by atoms with Gasteiger partial charge in [0.15, 0.2) is 0 Å². The average Bonchev–Trinajstić information content (AvgIpc) is 2.38. The smallest absolute Gasteiger partial charge is 0.329 e. The fourth-order valence-corrected chi connectivity index (χ4v) is 1.89. The van der Waals surface area contributed by atoms with Crippen LogP contribution < -0.4 is 5.32 Å². The predicted octanol–water partition coefficient (Wildman–Crippen LogP) is 1.45. The molecule has 0 aromatic heterocycles. The number of carbonyl (C=O) groups is 2. The minimum atomic E-state index is -1.22. The minimum absolute atomic E-state index is 0.215. The molecule has 2 amide bonds. The van der Waals surface area contributed by atoms with Gasteiger partial charge in [-0.25, -0.2) is 9.59 Å². The van der Waals surface area contributed by atoms with Gasteiger partial charge in [-0.3, -0.25) is 0 Å². The van der Waals surface area contributed by atoms with E-state index in [4.69, 9.17) is 9.84 Å². The van der Waals surface area contributed by atoms with Gasteiger partial charge in [0.1, 0.15) is 5.54 Å². The van der Waals surface area contributed by atoms with Crippen LogP contribution in [0.2, 0.25) is 0 Å². The van der Waals surface area contributed by atoms with Crippen molar-refractivity contribution in [1.82, 2.24) is 10.2 Å². The summed E-state index contributed by atoms with van der Waals surface area (Å²) >= 11 is 0. The Balaban J connectivity index is 2.32. The van der Waals surface area contributed by atoms with Crippen LogP contribution in [0.15, 0.2) is 0 Å². The normalized spacial score (nSPS) is 19.8. The molecule has 2 N–H and O–H groups in total. The van der Waals surface area contributed by atoms with Crippen molar-refractivity contribution in [2.75, 3.05) is 20.2 Å². The van der Waals surface area contributed by atoms with Gasteiger partial charge in [0.05, 0.1) is 6.10 Å². The molecule has 1 heterocycles. The fraction of sp³-hybridized carbons (Fsp3) is 0.846. The number of likely N-dealkylation sites (N-methyl/N-ethyl adjacent to an activating group) is 1. The number of aliphatic carboxylic acids is 1. The van der Waals surface area contributed by atoms with Crippen molar-refractivity contribution in [3.63, 3.8) is 0 Å². The third-order valence-electron chi connectivity index (χ3n) is 3.68. The summed E-state index contributed by atoms with van der Waals surface area (Å²) in [6.45, 7) is 4.30. The second-order valence-corrected chi connectivity index (χ2v) is 5.43. The number of nitrogens with one attached hydrogen (secondary N) is 1. The molecule has 110 valence electrons. The fourth-order valence-electron chi connectivity index (χ4n) is 1.89. The topological polar surface area (TPSA) is 78.9 Å². The van der Waals surface area contributed by atoms with Crippen LogP contribution in [0, 0.1) is 0 Å². The van der Waals surface area contributed by atoms with Gasteiger partial charge in [-0.2, -0.15) is 0 Å². The lowest BCUT2D eigenvalue weighted by atomic mass is 10.0. The Morgan fingerprint density at radius 1 is 1.42 bits per heavy atom. The maximum Gasteiger partial charge on any atom is 0.329 e. The number of carboxylic acids is 1. The van der Waals surface area contributed by atoms with E-state index in [9.17, 15) is 9.59 Å². The highest BCUT2D eigenvalue weighted by Gasteiger charge is 2.35. The van der Waals surface area contributed by atoms with Crippen molar-refractivity contribution in [2.24, 2.45) is 0 Å². The number of urea groups is 1. The summed E-state index contributed by atoms with van der Waals surface area (Å²) in [6, 6.07) is -0.372. The van der Waals surface area contributed by atoms with Gasteiger partial charge in [-0.15, -0.1) is 0 Å². The van der Waals surface area contributed by atoms with Crippen LogP contribution in [-0.4, -0.2) is 53.8 Å². The molecule has 1 atom stereocenters. The largest absolute Gasteiger partial charge is 0.480 e. The molecule has 0 aromatic rings. The first-order valence-corrected chi connectivity index (χ1v) is 6.72. The van der Waals surface area contributed by atoms with Crippen molar-refractivity contribution in [1.29, 1.82) is 0 Å². The van der Waals surface area contributed by atoms with Gasteiger partial charge in [0.2, 0.25) is 0 Å². The molecule has 0 aromatic carbocycles. The second-order valence-electron chi connectivity index (χ2n) is 5.43. The molecule has 1 aliphatic heterocycles. The van der Waals surface area contributed by atoms with Crippen molar-refractivity contribution < 1.29 is 19.4 Å². The maximum absolute atomic E-state index is 11.8. The van der Waals surface area contributed by atoms with Gasteiger partial charge >= 0.3 is 12.0 Å². The standard InChI is InChI=1S/C13H24N2O4/c1-13(2,11(16)17)15(3)12(18)14-8-7-10-6-4-5-9-19-10/h10H,4-9H2,1-3H3,(H,14,18)(H,16,17). The van der Waals surface area contributed by atoms with Crippen molar-refractivity contribution in [3.05, 3.63) is 0 Å². The molecule has 1 rings (SSSR count). The first-order chi connectivity index (χ1) is 8.85. The van der Waals surface area contributed by atoms with Crippen molar-refractivity contribution in [3.8, 4) is 0 Å². The Morgan fingerprint density at radius 2 is 2.11 bits per heavy atom. The van der Waals surface area contributed by atoms with Gasteiger partial charge < -0.3 is 20.1 Å². The summed E-state index contributed by atoms with van der Waals surface area (Å²) in [5, 5.41) is 11.8. The van der Waals surface area contributed by atoms with Crippen LogP contribution in [0.4, 0.5) is 4.79 Å². The van der Waals surface area contributed by atoms with E-state index in [1.807, 2.05) is 0 Å². The van der Waals surface area contributed by atoms with Gasteiger partial charge in [0, 0.05) is 20.2 Å². The summed E-state index contributed by atoms with van der Waals surface area (Å²) in [4.78, 5) is 24.1. The third kappa shape index (κ3) is 4.38. The van der Waals surface area contributed by atoms with Crippen LogP contribution in [-0.2, 0) is 9.53 Å². The summed E-state index contributed by atoms with van der Waals surface area (Å²) in [6.07, 6.45) is 4.30. The van der Waals surface area contributed by atoms with E-state index >= 15 is 0 Å². The molecule has 1 saturated heterocycles. The number of ether oxygens (including phenoxy) is 1. The monoisotopic (exact) mass is 272 g/mol. The zero-order valence-electron chi connectivity index (χ0n) is 11.9. The first kappa shape index (κ1) is 15.8. The van der Waals surface area contributed by atoms with E-state index in [0.717, 1.165) is 25.9 Å². The number of hydrogen-bond acceptors (Lipinski definition) is 3. The number of rotatable bonds is 5. The molecule has 6 heteroatoms. The summed E-state index contributed by atoms with van der Waals surface area (Å²) in [7, 11) is 1.49. The molecule has 19 heavy (non-hydrogen) atoms. The molecule has 0 radical (unpaired) electrons. The Hall–Kier alpha value is -1.30. The molecule has 1 aliphatic rings. The van der Waals surface area contributed by atoms with Crippen molar-refractivity contribution in [2.45, 2.75) is 51.2 Å². The Labute approximate surface area is 114 Å². The zero-order valence-corrected chi connectivity index (χ0v) is 11.9. The van der Waals surface area contributed by atoms with E-state index < -0.39 is 11.5 Å². The molecule has 0 bridgehead atoms. The van der Waals surface area contributed by atoms with E-state index in [2.05, 4.69) is 5.32 Å². The van der Waals surface area contributed by atoms with E-state index in [1.54, 1.807) is 0 Å². The SMILES string of the molecule is CN(C(=O)NCCC1CCCCO1)C(C)(C)C(=O)O. The quantitative estimate of drug-likeness (QED) is 0.794. The summed E-state index contributed by atoms with van der Waals surface area (Å²) < 4.78 is 5.57. The lowest BCUT2D eigenvalue weighted by Gasteiger charge is -2.31. The maximum atomic E-state index is 11.8. The number of carbonyl (C=O) groups excluding carboxylic acids is 1. The molecule has 0 aliphatic carbocycles. The zero-order chi connectivity index (χ0) is 14.5. The second kappa shape index (κ2) is 6.75. The number of hydrogen-bond donors (Lipinski definition) is 2. The Bertz CT molecular complexity index is 325. The predicted molar refractivity (Wildman–Crippen MR) is 71.1 cm³/mol. The molecule has 1 fully saturated rings. The van der Waals surface area contributed by atoms with Crippen LogP contribution in [0.5, 0.6) is 0 Å². The van der Waals surface area contributed by atoms with Crippen LogP contribution in [0.1, 0.15) is 39.5 Å². The number of nitrogens with zero attached hydrogens (tertiary/aromatic N) is 1. The van der Waals surface area contributed by atoms with E-state index in [1.165, 1.54) is 32.2 Å². The Kier molecular flexibility index (Phi) is 5.60. The molecule has 6 nitrogen and oxygen atoms in total. The molecule has 0 saturated carbocycles. The molecular weight excluding hydrogens is 248 g/mol. The lowest BCUT2D eigenvalue weighted by Crippen LogP contribution is -2.54. The van der Waals surface area contributed by atoms with E-state index in [-0.39, 0.29) is 12.1 Å². The number of carboxylic acid groups (broad SMARTS) is 1. The summed E-state index contributed by atoms with van der Waals surface area (Å²) in [5.41, 5.74) is -1.22. The van der Waals surface area contributed by atoms with Gasteiger partial charge in [-0.05, 0) is 39.5 Å². The highest BCUT2D eigenvalue weighted by atomic mass is 16.5. The van der Waals surface area contributed by atoms with Gasteiger partial charge in [0.25, 0.3) is 0 Å². The van der Waals surface area contributed by atoms with Crippen molar-refractivity contribution >= 4 is 12.0 Å². The summed E-state index contributed by atoms with van der Waals surface area (Å²) in [5.74, 6) is -1.03. The third-order valence-corrected chi connectivity index (χ3v) is 3.68. The van der Waals surface area contributed by atoms with Gasteiger partial charge in [-0.1, -0.05) is 0 Å².